The minimum Gasteiger partial charge on any atom is -0.472 e. The lowest BCUT2D eigenvalue weighted by atomic mass is 9.36. The molecule has 34 heavy (non-hydrogen) atoms. The van der Waals surface area contributed by atoms with Crippen molar-refractivity contribution in [3.05, 3.63) is 36.3 Å². The van der Waals surface area contributed by atoms with Crippen LogP contribution < -0.4 is 0 Å². The van der Waals surface area contributed by atoms with Crippen molar-refractivity contribution in [3.63, 3.8) is 0 Å². The van der Waals surface area contributed by atoms with Gasteiger partial charge in [-0.1, -0.05) is 40.7 Å². The van der Waals surface area contributed by atoms with Gasteiger partial charge in [-0.2, -0.15) is 0 Å². The maximum Gasteiger partial charge on any atom is 0.302 e. The molecule has 1 aromatic heterocycles. The third-order valence-corrected chi connectivity index (χ3v) is 11.0. The van der Waals surface area contributed by atoms with E-state index in [1.165, 1.54) is 6.92 Å². The second-order valence-corrected chi connectivity index (χ2v) is 12.6. The highest BCUT2D eigenvalue weighted by molar-refractivity contribution is 5.99. The van der Waals surface area contributed by atoms with Gasteiger partial charge >= 0.3 is 5.97 Å². The number of hydrogen-bond acceptors (Lipinski definition) is 6. The Morgan fingerprint density at radius 3 is 2.50 bits per heavy atom. The number of furan rings is 1. The number of Topliss-reactive ketones (excluding diaryl/α,β-unsaturated/α-hetero) is 1. The lowest BCUT2D eigenvalue weighted by Crippen LogP contribution is -2.70. The number of ether oxygens (including phenoxy) is 2. The van der Waals surface area contributed by atoms with Crippen LogP contribution in [0.4, 0.5) is 0 Å². The molecule has 0 N–H and O–H groups in total. The summed E-state index contributed by atoms with van der Waals surface area (Å²) >= 11 is 0. The second-order valence-electron chi connectivity index (χ2n) is 12.6. The van der Waals surface area contributed by atoms with E-state index in [9.17, 15) is 14.4 Å². The first-order chi connectivity index (χ1) is 15.9. The van der Waals surface area contributed by atoms with Gasteiger partial charge in [0, 0.05) is 28.7 Å². The third kappa shape index (κ3) is 2.21. The van der Waals surface area contributed by atoms with Crippen molar-refractivity contribution in [1.29, 1.82) is 0 Å². The average molecular weight is 467 g/mol. The molecule has 0 amide bonds. The van der Waals surface area contributed by atoms with Crippen LogP contribution in [0.15, 0.2) is 35.2 Å². The van der Waals surface area contributed by atoms with Gasteiger partial charge in [0.15, 0.2) is 11.6 Å². The first-order valence-corrected chi connectivity index (χ1v) is 12.5. The summed E-state index contributed by atoms with van der Waals surface area (Å²) in [5.41, 5.74) is -1.65. The summed E-state index contributed by atoms with van der Waals surface area (Å²) < 4.78 is 18.0. The van der Waals surface area contributed by atoms with Crippen LogP contribution in [0.1, 0.15) is 72.3 Å². The summed E-state index contributed by atoms with van der Waals surface area (Å²) in [7, 11) is 0. The van der Waals surface area contributed by atoms with E-state index in [0.717, 1.165) is 18.4 Å². The van der Waals surface area contributed by atoms with Crippen LogP contribution >= 0.6 is 0 Å². The van der Waals surface area contributed by atoms with Crippen molar-refractivity contribution in [3.8, 4) is 0 Å². The first kappa shape index (κ1) is 22.3. The highest BCUT2D eigenvalue weighted by Crippen LogP contribution is 2.81. The summed E-state index contributed by atoms with van der Waals surface area (Å²) in [6, 6.07) is 1.89. The summed E-state index contributed by atoms with van der Waals surface area (Å²) in [5.74, 6) is -0.280. The molecule has 6 rings (SSSR count). The Kier molecular flexibility index (Phi) is 4.13. The zero-order valence-electron chi connectivity index (χ0n) is 20.8. The van der Waals surface area contributed by atoms with E-state index in [1.807, 2.05) is 19.9 Å². The normalized spacial score (nSPS) is 50.1. The van der Waals surface area contributed by atoms with Gasteiger partial charge in [0.25, 0.3) is 0 Å². The predicted molar refractivity (Wildman–Crippen MR) is 123 cm³/mol. The fourth-order valence-corrected chi connectivity index (χ4v) is 9.55. The Morgan fingerprint density at radius 1 is 1.12 bits per heavy atom. The Morgan fingerprint density at radius 2 is 1.85 bits per heavy atom. The van der Waals surface area contributed by atoms with Crippen LogP contribution in [0, 0.1) is 33.5 Å². The molecule has 0 aromatic carbocycles. The molecular weight excluding hydrogens is 432 g/mol. The molecule has 2 heterocycles. The van der Waals surface area contributed by atoms with E-state index in [4.69, 9.17) is 13.9 Å². The average Bonchev–Trinajstić information content (AvgIpc) is 3.24. The summed E-state index contributed by atoms with van der Waals surface area (Å²) in [6.07, 6.45) is 8.49. The monoisotopic (exact) mass is 466 g/mol. The molecule has 1 aliphatic heterocycles. The van der Waals surface area contributed by atoms with Gasteiger partial charge in [-0.15, -0.1) is 0 Å². The number of fused-ring (bicyclic) bond motifs is 3. The highest BCUT2D eigenvalue weighted by atomic mass is 16.6. The van der Waals surface area contributed by atoms with Crippen molar-refractivity contribution in [1.82, 2.24) is 0 Å². The molecule has 0 bridgehead atoms. The number of carbonyl (C=O) groups excluding carboxylic acids is 3. The Hall–Kier alpha value is -2.21. The van der Waals surface area contributed by atoms with Crippen LogP contribution in [0.2, 0.25) is 0 Å². The number of rotatable bonds is 2. The fourth-order valence-electron chi connectivity index (χ4n) is 9.55. The van der Waals surface area contributed by atoms with Crippen molar-refractivity contribution in [2.24, 2.45) is 33.5 Å². The van der Waals surface area contributed by atoms with E-state index in [-0.39, 0.29) is 40.7 Å². The molecular formula is C28H34O6. The number of ketones is 2. The van der Waals surface area contributed by atoms with Crippen LogP contribution in [-0.2, 0) is 23.9 Å². The van der Waals surface area contributed by atoms with E-state index in [0.29, 0.717) is 6.42 Å². The van der Waals surface area contributed by atoms with Crippen molar-refractivity contribution < 1.29 is 28.3 Å². The Balaban J connectivity index is 1.54. The number of hydrogen-bond donors (Lipinski definition) is 0. The van der Waals surface area contributed by atoms with E-state index >= 15 is 0 Å². The molecule has 0 radical (unpaired) electrons. The summed E-state index contributed by atoms with van der Waals surface area (Å²) in [4.78, 5) is 39.0. The van der Waals surface area contributed by atoms with Crippen LogP contribution in [0.3, 0.4) is 0 Å². The standard InChI is InChI=1S/C28H34O6/c1-15(29)33-20-13-18-24(2,3)19(30)8-10-25(18,4)17-7-11-26(5)21(16-9-12-32-14-16)22(31)23-28(26,34-23)27(17,20)6/h8-10,12,14,17-18,20-21,23H,7,11,13H2,1-6H3/t17-,18?,20-,21-,23-,25-,26+,27+,28-/m1/s1. The molecule has 4 aliphatic carbocycles. The largest absolute Gasteiger partial charge is 0.472 e. The van der Waals surface area contributed by atoms with Crippen LogP contribution in [0.5, 0.6) is 0 Å². The lowest BCUT2D eigenvalue weighted by molar-refractivity contribution is -0.232. The SMILES string of the molecule is CC(=O)O[C@@H]1CC2C(C)(C)C(=O)C=C[C@]2(C)[C@H]2CC[C@@]3(C)[C@H](c4ccoc4)C(=O)[C@H]4O[C@]43[C@]12C. The molecule has 1 spiro atoms. The molecule has 1 unspecified atom stereocenters. The maximum atomic E-state index is 13.7. The lowest BCUT2D eigenvalue weighted by Gasteiger charge is -2.67. The molecule has 6 heteroatoms. The highest BCUT2D eigenvalue weighted by Gasteiger charge is 2.89. The minimum absolute atomic E-state index is 0.0275. The zero-order valence-corrected chi connectivity index (χ0v) is 20.8. The molecule has 5 aliphatic rings. The molecule has 6 nitrogen and oxygen atoms in total. The Labute approximate surface area is 200 Å². The van der Waals surface area contributed by atoms with E-state index in [2.05, 4.69) is 26.8 Å². The molecule has 4 fully saturated rings. The number of carbonyl (C=O) groups is 3. The smallest absolute Gasteiger partial charge is 0.302 e. The van der Waals surface area contributed by atoms with Crippen molar-refractivity contribution in [2.75, 3.05) is 0 Å². The van der Waals surface area contributed by atoms with Gasteiger partial charge < -0.3 is 13.9 Å². The number of allylic oxidation sites excluding steroid dienone is 2. The second kappa shape index (κ2) is 6.31. The molecule has 3 saturated carbocycles. The van der Waals surface area contributed by atoms with Gasteiger partial charge in [-0.25, -0.2) is 0 Å². The van der Waals surface area contributed by atoms with Gasteiger partial charge in [0.2, 0.25) is 0 Å². The van der Waals surface area contributed by atoms with E-state index < -0.39 is 34.1 Å². The maximum absolute atomic E-state index is 13.7. The van der Waals surface area contributed by atoms with Gasteiger partial charge in [-0.3, -0.25) is 14.4 Å². The zero-order chi connectivity index (χ0) is 24.5. The van der Waals surface area contributed by atoms with Crippen LogP contribution in [-0.4, -0.2) is 35.3 Å². The van der Waals surface area contributed by atoms with Crippen molar-refractivity contribution >= 4 is 17.5 Å². The van der Waals surface area contributed by atoms with E-state index in [1.54, 1.807) is 18.6 Å². The number of epoxide rings is 1. The molecule has 1 saturated heterocycles. The predicted octanol–water partition coefficient (Wildman–Crippen LogP) is 4.63. The fraction of sp³-hybridized carbons (Fsp3) is 0.679. The quantitative estimate of drug-likeness (QED) is 0.467. The van der Waals surface area contributed by atoms with Gasteiger partial charge in [-0.05, 0) is 48.7 Å². The van der Waals surface area contributed by atoms with Crippen LogP contribution in [0.25, 0.3) is 0 Å². The molecule has 9 atom stereocenters. The topological polar surface area (TPSA) is 86.1 Å². The minimum atomic E-state index is -0.713. The third-order valence-electron chi connectivity index (χ3n) is 11.0. The first-order valence-electron chi connectivity index (χ1n) is 12.5. The summed E-state index contributed by atoms with van der Waals surface area (Å²) in [5, 5.41) is 0. The summed E-state index contributed by atoms with van der Waals surface area (Å²) in [6.45, 7) is 12.1. The molecule has 182 valence electrons. The van der Waals surface area contributed by atoms with Crippen molar-refractivity contribution in [2.45, 2.75) is 84.5 Å². The van der Waals surface area contributed by atoms with Gasteiger partial charge in [0.05, 0.1) is 18.4 Å². The Bertz CT molecular complexity index is 1130. The van der Waals surface area contributed by atoms with Gasteiger partial charge in [0.1, 0.15) is 17.8 Å². The number of esters is 1. The molecule has 1 aromatic rings.